The Kier molecular flexibility index (Phi) is 3.16. The number of thioether (sulfide) groups is 1. The van der Waals surface area contributed by atoms with Crippen LogP contribution in [0.25, 0.3) is 6.08 Å². The highest BCUT2D eigenvalue weighted by atomic mass is 32.2. The normalized spacial score (nSPS) is 18.3. The fourth-order valence-corrected chi connectivity index (χ4v) is 2.02. The van der Waals surface area contributed by atoms with Crippen molar-refractivity contribution in [3.63, 3.8) is 0 Å². The largest absolute Gasteiger partial charge is 0.416 e. The van der Waals surface area contributed by atoms with Crippen LogP contribution in [-0.4, -0.2) is 11.1 Å². The molecule has 1 heterocycles. The molecule has 7 heteroatoms. The summed E-state index contributed by atoms with van der Waals surface area (Å²) in [5.41, 5.74) is -0.334. The van der Waals surface area contributed by atoms with Crippen LogP contribution in [0, 0.1) is 0 Å². The zero-order chi connectivity index (χ0) is 13.3. The lowest BCUT2D eigenvalue weighted by Gasteiger charge is -2.05. The first-order chi connectivity index (χ1) is 8.36. The molecule has 3 nitrogen and oxygen atoms in total. The van der Waals surface area contributed by atoms with Crippen molar-refractivity contribution in [2.75, 3.05) is 0 Å². The molecule has 0 unspecified atom stereocenters. The van der Waals surface area contributed by atoms with Gasteiger partial charge in [0.25, 0.3) is 11.1 Å². The van der Waals surface area contributed by atoms with E-state index in [9.17, 15) is 22.8 Å². The van der Waals surface area contributed by atoms with E-state index in [1.54, 1.807) is 0 Å². The average molecular weight is 273 g/mol. The average Bonchev–Trinajstić information content (AvgIpc) is 2.57. The van der Waals surface area contributed by atoms with E-state index in [-0.39, 0.29) is 4.91 Å². The lowest BCUT2D eigenvalue weighted by molar-refractivity contribution is -0.137. The molecule has 1 aromatic rings. The van der Waals surface area contributed by atoms with E-state index in [1.165, 1.54) is 18.2 Å². The maximum absolute atomic E-state index is 12.3. The van der Waals surface area contributed by atoms with Gasteiger partial charge in [-0.15, -0.1) is 0 Å². The van der Waals surface area contributed by atoms with Crippen molar-refractivity contribution in [1.29, 1.82) is 0 Å². The van der Waals surface area contributed by atoms with Crippen molar-refractivity contribution in [3.8, 4) is 0 Å². The van der Waals surface area contributed by atoms with Gasteiger partial charge in [-0.3, -0.25) is 14.9 Å². The number of rotatable bonds is 1. The van der Waals surface area contributed by atoms with Crippen molar-refractivity contribution in [3.05, 3.63) is 40.3 Å². The maximum Gasteiger partial charge on any atom is 0.416 e. The van der Waals surface area contributed by atoms with Crippen molar-refractivity contribution in [2.24, 2.45) is 0 Å². The summed E-state index contributed by atoms with van der Waals surface area (Å²) in [5, 5.41) is 1.57. The first kappa shape index (κ1) is 12.7. The van der Waals surface area contributed by atoms with Gasteiger partial charge < -0.3 is 0 Å². The molecular formula is C11H6F3NO2S. The Balaban J connectivity index is 2.24. The van der Waals surface area contributed by atoms with Crippen molar-refractivity contribution >= 4 is 29.0 Å². The second-order valence-electron chi connectivity index (χ2n) is 3.47. The number of carbonyl (C=O) groups is 2. The van der Waals surface area contributed by atoms with Crippen LogP contribution in [0.1, 0.15) is 11.1 Å². The third kappa shape index (κ3) is 2.73. The highest BCUT2D eigenvalue weighted by molar-refractivity contribution is 8.18. The van der Waals surface area contributed by atoms with Gasteiger partial charge in [-0.2, -0.15) is 13.2 Å². The summed E-state index contributed by atoms with van der Waals surface area (Å²) < 4.78 is 36.9. The van der Waals surface area contributed by atoms with Crippen molar-refractivity contribution in [1.82, 2.24) is 5.32 Å². The van der Waals surface area contributed by atoms with Crippen LogP contribution in [0.4, 0.5) is 18.0 Å². The molecule has 0 atom stereocenters. The second kappa shape index (κ2) is 4.49. The molecule has 1 N–H and O–H groups in total. The third-order valence-corrected chi connectivity index (χ3v) is 2.99. The molecule has 94 valence electrons. The van der Waals surface area contributed by atoms with Gasteiger partial charge in [-0.05, 0) is 35.5 Å². The molecule has 0 aromatic heterocycles. The molecule has 0 saturated carbocycles. The summed E-state index contributed by atoms with van der Waals surface area (Å²) in [5.74, 6) is -0.537. The lowest BCUT2D eigenvalue weighted by atomic mass is 10.1. The molecule has 1 aromatic carbocycles. The minimum atomic E-state index is -4.39. The number of benzene rings is 1. The Morgan fingerprint density at radius 2 is 1.72 bits per heavy atom. The predicted molar refractivity (Wildman–Crippen MR) is 60.6 cm³/mol. The number of hydrogen-bond donors (Lipinski definition) is 1. The van der Waals surface area contributed by atoms with Crippen molar-refractivity contribution < 1.29 is 22.8 Å². The Bertz CT molecular complexity index is 534. The van der Waals surface area contributed by atoms with Crippen LogP contribution in [0.3, 0.4) is 0 Å². The Morgan fingerprint density at radius 3 is 2.17 bits per heavy atom. The summed E-state index contributed by atoms with van der Waals surface area (Å²) in [7, 11) is 0. The van der Waals surface area contributed by atoms with Gasteiger partial charge in [-0.1, -0.05) is 12.1 Å². The van der Waals surface area contributed by atoms with Gasteiger partial charge in [-0.25, -0.2) is 0 Å². The number of amides is 2. The highest BCUT2D eigenvalue weighted by Crippen LogP contribution is 2.30. The van der Waals surface area contributed by atoms with E-state index < -0.39 is 22.9 Å². The molecular weight excluding hydrogens is 267 g/mol. The van der Waals surface area contributed by atoms with Crippen molar-refractivity contribution in [2.45, 2.75) is 6.18 Å². The third-order valence-electron chi connectivity index (χ3n) is 2.18. The Morgan fingerprint density at radius 1 is 1.11 bits per heavy atom. The second-order valence-corrected chi connectivity index (χ2v) is 4.49. The van der Waals surface area contributed by atoms with Crippen LogP contribution >= 0.6 is 11.8 Å². The molecule has 1 aliphatic heterocycles. The van der Waals surface area contributed by atoms with Crippen LogP contribution in [0.5, 0.6) is 0 Å². The number of halogens is 3. The zero-order valence-electron chi connectivity index (χ0n) is 8.75. The lowest BCUT2D eigenvalue weighted by Crippen LogP contribution is -2.17. The SMILES string of the molecule is O=C1NC(=O)/C(=C\c2ccc(C(F)(F)F)cc2)S1. The quantitative estimate of drug-likeness (QED) is 0.800. The standard InChI is InChI=1S/C11H6F3NO2S/c12-11(13,14)7-3-1-6(2-4-7)5-8-9(16)15-10(17)18-8/h1-5H,(H,15,16,17)/b8-5+. The van der Waals surface area contributed by atoms with Crippen LogP contribution in [-0.2, 0) is 11.0 Å². The number of alkyl halides is 3. The summed E-state index contributed by atoms with van der Waals surface area (Å²) in [4.78, 5) is 22.3. The molecule has 2 amide bonds. The van der Waals surface area contributed by atoms with E-state index in [2.05, 4.69) is 5.32 Å². The smallest absolute Gasteiger partial charge is 0.282 e. The molecule has 2 rings (SSSR count). The minimum absolute atomic E-state index is 0.166. The fourth-order valence-electron chi connectivity index (χ4n) is 1.34. The number of carbonyl (C=O) groups excluding carboxylic acids is 2. The molecule has 1 saturated heterocycles. The maximum atomic E-state index is 12.3. The van der Waals surface area contributed by atoms with Gasteiger partial charge in [0.05, 0.1) is 10.5 Å². The number of imide groups is 1. The van der Waals surface area contributed by atoms with Gasteiger partial charge in [0.1, 0.15) is 0 Å². The molecule has 1 aliphatic rings. The van der Waals surface area contributed by atoms with Gasteiger partial charge in [0.15, 0.2) is 0 Å². The molecule has 0 bridgehead atoms. The fraction of sp³-hybridized carbons (Fsp3) is 0.0909. The summed E-state index contributed by atoms with van der Waals surface area (Å²) in [6, 6.07) is 4.33. The molecule has 0 aliphatic carbocycles. The van der Waals surface area contributed by atoms with Gasteiger partial charge in [0, 0.05) is 0 Å². The summed E-state index contributed by atoms with van der Waals surface area (Å²) in [6.07, 6.45) is -3.02. The van der Waals surface area contributed by atoms with Gasteiger partial charge in [0.2, 0.25) is 0 Å². The van der Waals surface area contributed by atoms with Crippen LogP contribution < -0.4 is 5.32 Å². The van der Waals surface area contributed by atoms with E-state index in [4.69, 9.17) is 0 Å². The monoisotopic (exact) mass is 273 g/mol. The number of hydrogen-bond acceptors (Lipinski definition) is 3. The minimum Gasteiger partial charge on any atom is -0.282 e. The Labute approximate surface area is 104 Å². The molecule has 0 radical (unpaired) electrons. The van der Waals surface area contributed by atoms with E-state index in [0.29, 0.717) is 5.56 Å². The molecule has 18 heavy (non-hydrogen) atoms. The van der Waals surface area contributed by atoms with E-state index in [0.717, 1.165) is 23.9 Å². The summed E-state index contributed by atoms with van der Waals surface area (Å²) >= 11 is 0.718. The zero-order valence-corrected chi connectivity index (χ0v) is 9.56. The Hall–Kier alpha value is -1.76. The number of nitrogens with one attached hydrogen (secondary N) is 1. The molecule has 0 spiro atoms. The van der Waals surface area contributed by atoms with E-state index in [1.807, 2.05) is 0 Å². The van der Waals surface area contributed by atoms with Gasteiger partial charge >= 0.3 is 6.18 Å². The van der Waals surface area contributed by atoms with Crippen LogP contribution in [0.15, 0.2) is 29.2 Å². The first-order valence-corrected chi connectivity index (χ1v) is 5.60. The van der Waals surface area contributed by atoms with E-state index >= 15 is 0 Å². The van der Waals surface area contributed by atoms with Crippen LogP contribution in [0.2, 0.25) is 0 Å². The summed E-state index contributed by atoms with van der Waals surface area (Å²) in [6.45, 7) is 0. The first-order valence-electron chi connectivity index (χ1n) is 4.78. The molecule has 1 fully saturated rings. The highest BCUT2D eigenvalue weighted by Gasteiger charge is 2.30. The topological polar surface area (TPSA) is 46.2 Å². The predicted octanol–water partition coefficient (Wildman–Crippen LogP) is 3.03.